The van der Waals surface area contributed by atoms with Gasteiger partial charge in [-0.15, -0.1) is 0 Å². The van der Waals surface area contributed by atoms with Crippen molar-refractivity contribution in [1.29, 1.82) is 0 Å². The molecule has 2 heterocycles. The minimum Gasteiger partial charge on any atom is -0.497 e. The number of fused-ring (bicyclic) bond motifs is 2. The summed E-state index contributed by atoms with van der Waals surface area (Å²) in [6.07, 6.45) is 5.19. The Morgan fingerprint density at radius 3 is 2.80 bits per heavy atom. The molecule has 2 N–H and O–H groups in total. The van der Waals surface area contributed by atoms with Gasteiger partial charge in [0.2, 0.25) is 5.91 Å². The fourth-order valence-corrected chi connectivity index (χ4v) is 3.90. The van der Waals surface area contributed by atoms with Gasteiger partial charge in [-0.05, 0) is 41.8 Å². The number of aromatic nitrogens is 2. The Hall–Kier alpha value is -3.25. The number of aromatic amines is 1. The highest BCUT2D eigenvalue weighted by atomic mass is 16.5. The molecule has 0 fully saturated rings. The van der Waals surface area contributed by atoms with E-state index in [1.54, 1.807) is 14.2 Å². The number of hydrogen-bond donors (Lipinski definition) is 2. The van der Waals surface area contributed by atoms with E-state index >= 15 is 0 Å². The summed E-state index contributed by atoms with van der Waals surface area (Å²) in [5, 5.41) is 5.31. The molecule has 156 valence electrons. The number of nitrogens with one attached hydrogen (secondary N) is 2. The number of benzene rings is 2. The van der Waals surface area contributed by atoms with E-state index in [2.05, 4.69) is 33.2 Å². The number of nitrogens with zero attached hydrogens (tertiary/aromatic N) is 1. The Bertz CT molecular complexity index is 1160. The highest BCUT2D eigenvalue weighted by Crippen LogP contribution is 2.24. The number of carbonyl (C=O) groups excluding carboxylic acids is 1. The van der Waals surface area contributed by atoms with Gasteiger partial charge in [0, 0.05) is 54.4 Å². The number of carbonyl (C=O) groups is 1. The van der Waals surface area contributed by atoms with E-state index in [4.69, 9.17) is 9.47 Å². The highest BCUT2D eigenvalue weighted by molar-refractivity contribution is 5.89. The van der Waals surface area contributed by atoms with Crippen LogP contribution in [0.1, 0.15) is 11.1 Å². The van der Waals surface area contributed by atoms with Crippen LogP contribution in [0.15, 0.2) is 54.9 Å². The topological polar surface area (TPSA) is 68.3 Å². The Kier molecular flexibility index (Phi) is 6.05. The summed E-state index contributed by atoms with van der Waals surface area (Å²) in [5.41, 5.74) is 4.41. The third kappa shape index (κ3) is 4.19. The van der Waals surface area contributed by atoms with Gasteiger partial charge in [-0.25, -0.2) is 0 Å². The molecule has 2 aromatic carbocycles. The number of H-pyrrole nitrogens is 1. The first-order valence-corrected chi connectivity index (χ1v) is 10.2. The first-order valence-electron chi connectivity index (χ1n) is 10.2. The van der Waals surface area contributed by atoms with Crippen molar-refractivity contribution in [1.82, 2.24) is 14.9 Å². The molecule has 6 nitrogen and oxygen atoms in total. The third-order valence-electron chi connectivity index (χ3n) is 5.45. The number of para-hydroxylation sites is 1. The van der Waals surface area contributed by atoms with Crippen LogP contribution in [0, 0.1) is 0 Å². The van der Waals surface area contributed by atoms with Gasteiger partial charge in [0.15, 0.2) is 0 Å². The van der Waals surface area contributed by atoms with E-state index in [0.29, 0.717) is 19.6 Å². The van der Waals surface area contributed by atoms with Crippen molar-refractivity contribution in [2.45, 2.75) is 19.4 Å². The lowest BCUT2D eigenvalue weighted by atomic mass is 10.1. The molecule has 1 amide bonds. The van der Waals surface area contributed by atoms with Crippen LogP contribution >= 0.6 is 0 Å². The van der Waals surface area contributed by atoms with Crippen molar-refractivity contribution in [3.63, 3.8) is 0 Å². The Balaban J connectivity index is 1.40. The van der Waals surface area contributed by atoms with Crippen LogP contribution < -0.4 is 10.1 Å². The van der Waals surface area contributed by atoms with Crippen molar-refractivity contribution in [2.75, 3.05) is 27.4 Å². The van der Waals surface area contributed by atoms with Gasteiger partial charge in [0.1, 0.15) is 5.75 Å². The standard InChI is InChI=1S/C24H27N3O3/c1-29-12-11-27-16-18(20-5-3-4-6-23(20)27)13-24(28)25-10-9-17-15-26-22-8-7-19(30-2)14-21(17)22/h3-8,14-16,26H,9-13H2,1-2H3,(H,25,28). The van der Waals surface area contributed by atoms with Crippen molar-refractivity contribution < 1.29 is 14.3 Å². The minimum absolute atomic E-state index is 0.0297. The predicted octanol–water partition coefficient (Wildman–Crippen LogP) is 3.68. The molecule has 0 aliphatic carbocycles. The van der Waals surface area contributed by atoms with Crippen LogP contribution in [0.4, 0.5) is 0 Å². The second kappa shape index (κ2) is 9.05. The van der Waals surface area contributed by atoms with Crippen LogP contribution in [0.5, 0.6) is 5.75 Å². The summed E-state index contributed by atoms with van der Waals surface area (Å²) in [4.78, 5) is 15.9. The second-order valence-corrected chi connectivity index (χ2v) is 7.36. The van der Waals surface area contributed by atoms with Crippen molar-refractivity contribution in [3.8, 4) is 5.75 Å². The van der Waals surface area contributed by atoms with E-state index in [1.807, 2.05) is 36.5 Å². The zero-order chi connectivity index (χ0) is 20.9. The number of hydrogen-bond acceptors (Lipinski definition) is 3. The van der Waals surface area contributed by atoms with E-state index in [1.165, 1.54) is 5.56 Å². The van der Waals surface area contributed by atoms with Crippen LogP contribution in [0.2, 0.25) is 0 Å². The molecule has 4 aromatic rings. The van der Waals surface area contributed by atoms with Gasteiger partial charge in [0.25, 0.3) is 0 Å². The summed E-state index contributed by atoms with van der Waals surface area (Å²) in [6.45, 7) is 1.99. The molecule has 0 atom stereocenters. The molecule has 0 saturated carbocycles. The molecule has 0 aliphatic heterocycles. The Morgan fingerprint density at radius 1 is 1.10 bits per heavy atom. The second-order valence-electron chi connectivity index (χ2n) is 7.36. The normalized spacial score (nSPS) is 11.3. The fraction of sp³-hybridized carbons (Fsp3) is 0.292. The lowest BCUT2D eigenvalue weighted by Gasteiger charge is -2.05. The summed E-state index contributed by atoms with van der Waals surface area (Å²) in [7, 11) is 3.36. The first-order chi connectivity index (χ1) is 14.7. The van der Waals surface area contributed by atoms with Gasteiger partial charge in [-0.3, -0.25) is 4.79 Å². The zero-order valence-electron chi connectivity index (χ0n) is 17.4. The van der Waals surface area contributed by atoms with Gasteiger partial charge >= 0.3 is 0 Å². The lowest BCUT2D eigenvalue weighted by molar-refractivity contribution is -0.120. The van der Waals surface area contributed by atoms with Crippen LogP contribution in [0.3, 0.4) is 0 Å². The fourth-order valence-electron chi connectivity index (χ4n) is 3.90. The molecule has 0 spiro atoms. The first kappa shape index (κ1) is 20.0. The highest BCUT2D eigenvalue weighted by Gasteiger charge is 2.12. The van der Waals surface area contributed by atoms with Crippen LogP contribution in [-0.2, 0) is 28.9 Å². The lowest BCUT2D eigenvalue weighted by Crippen LogP contribution is -2.27. The minimum atomic E-state index is 0.0297. The number of ether oxygens (including phenoxy) is 2. The molecule has 0 unspecified atom stereocenters. The molecule has 0 aliphatic rings. The SMILES string of the molecule is COCCn1cc(CC(=O)NCCc2c[nH]c3ccc(OC)cc23)c2ccccc21. The average Bonchev–Trinajstić information content (AvgIpc) is 3.33. The van der Waals surface area contributed by atoms with Crippen molar-refractivity contribution in [2.24, 2.45) is 0 Å². The number of rotatable bonds is 9. The zero-order valence-corrected chi connectivity index (χ0v) is 17.4. The largest absolute Gasteiger partial charge is 0.497 e. The van der Waals surface area contributed by atoms with Crippen molar-refractivity contribution in [3.05, 3.63) is 66.0 Å². The van der Waals surface area contributed by atoms with E-state index < -0.39 is 0 Å². The van der Waals surface area contributed by atoms with Gasteiger partial charge in [0.05, 0.1) is 20.1 Å². The maximum atomic E-state index is 12.6. The van der Waals surface area contributed by atoms with Gasteiger partial charge < -0.3 is 24.3 Å². The number of methoxy groups -OCH3 is 2. The van der Waals surface area contributed by atoms with Gasteiger partial charge in [-0.2, -0.15) is 0 Å². The van der Waals surface area contributed by atoms with E-state index in [9.17, 15) is 4.79 Å². The molecule has 0 saturated heterocycles. The molecule has 0 radical (unpaired) electrons. The molecular weight excluding hydrogens is 378 g/mol. The quantitative estimate of drug-likeness (QED) is 0.446. The molecule has 2 aromatic heterocycles. The molecule has 0 bridgehead atoms. The van der Waals surface area contributed by atoms with E-state index in [-0.39, 0.29) is 5.91 Å². The number of amides is 1. The molecular formula is C24H27N3O3. The summed E-state index contributed by atoms with van der Waals surface area (Å²) in [5.74, 6) is 0.860. The smallest absolute Gasteiger partial charge is 0.224 e. The van der Waals surface area contributed by atoms with Gasteiger partial charge in [-0.1, -0.05) is 18.2 Å². The Labute approximate surface area is 175 Å². The average molecular weight is 405 g/mol. The van der Waals surface area contributed by atoms with Crippen LogP contribution in [-0.4, -0.2) is 42.8 Å². The van der Waals surface area contributed by atoms with Crippen LogP contribution in [0.25, 0.3) is 21.8 Å². The summed E-state index contributed by atoms with van der Waals surface area (Å²) >= 11 is 0. The predicted molar refractivity (Wildman–Crippen MR) is 119 cm³/mol. The molecule has 4 rings (SSSR count). The molecule has 6 heteroatoms. The third-order valence-corrected chi connectivity index (χ3v) is 5.45. The maximum absolute atomic E-state index is 12.6. The summed E-state index contributed by atoms with van der Waals surface area (Å²) < 4.78 is 12.7. The maximum Gasteiger partial charge on any atom is 0.224 e. The molecule has 30 heavy (non-hydrogen) atoms. The summed E-state index contributed by atoms with van der Waals surface area (Å²) in [6, 6.07) is 14.2. The monoisotopic (exact) mass is 405 g/mol. The van der Waals surface area contributed by atoms with E-state index in [0.717, 1.165) is 46.1 Å². The van der Waals surface area contributed by atoms with Crippen molar-refractivity contribution >= 4 is 27.7 Å². The Morgan fingerprint density at radius 2 is 1.97 bits per heavy atom.